The fourth-order valence-corrected chi connectivity index (χ4v) is 2.35. The highest BCUT2D eigenvalue weighted by atomic mass is 19.4. The highest BCUT2D eigenvalue weighted by Gasteiger charge is 2.30. The van der Waals surface area contributed by atoms with Gasteiger partial charge in [-0.1, -0.05) is 0 Å². The van der Waals surface area contributed by atoms with Crippen LogP contribution >= 0.6 is 0 Å². The zero-order valence-electron chi connectivity index (χ0n) is 14.5. The second-order valence-corrected chi connectivity index (χ2v) is 6.01. The Bertz CT molecular complexity index is 930. The average molecular weight is 375 g/mol. The van der Waals surface area contributed by atoms with Crippen molar-refractivity contribution in [3.63, 3.8) is 0 Å². The molecule has 0 unspecified atom stereocenters. The first-order valence-electron chi connectivity index (χ1n) is 7.96. The fourth-order valence-electron chi connectivity index (χ4n) is 2.35. The topological polar surface area (TPSA) is 58.4 Å². The molecule has 0 spiro atoms. The molecule has 1 N–H and O–H groups in total. The molecule has 5 nitrogen and oxygen atoms in total. The summed E-state index contributed by atoms with van der Waals surface area (Å²) in [6.45, 7) is 0. The Kier molecular flexibility index (Phi) is 4.89. The number of alkyl halides is 3. The van der Waals surface area contributed by atoms with Crippen LogP contribution in [0.3, 0.4) is 0 Å². The van der Waals surface area contributed by atoms with Gasteiger partial charge in [0.2, 0.25) is 5.89 Å². The number of benzene rings is 2. The second kappa shape index (κ2) is 7.14. The number of aromatic nitrogens is 1. The van der Waals surface area contributed by atoms with Gasteiger partial charge < -0.3 is 14.6 Å². The van der Waals surface area contributed by atoms with Gasteiger partial charge in [-0.2, -0.15) is 13.2 Å². The van der Waals surface area contributed by atoms with Crippen molar-refractivity contribution in [3.05, 3.63) is 66.1 Å². The molecular formula is C19H16F3N3O2. The molecule has 0 aliphatic rings. The number of nitrogens with one attached hydrogen (secondary N) is 1. The number of carbonyl (C=O) groups is 1. The minimum absolute atomic E-state index is 0.0292. The van der Waals surface area contributed by atoms with Crippen molar-refractivity contribution >= 4 is 17.3 Å². The monoisotopic (exact) mass is 375 g/mol. The number of rotatable bonds is 4. The smallest absolute Gasteiger partial charge is 0.416 e. The quantitative estimate of drug-likeness (QED) is 0.719. The molecule has 0 aliphatic heterocycles. The molecule has 0 saturated heterocycles. The van der Waals surface area contributed by atoms with E-state index in [1.807, 2.05) is 31.1 Å². The number of nitrogens with zero attached hydrogens (tertiary/aromatic N) is 2. The number of oxazole rings is 1. The lowest BCUT2D eigenvalue weighted by Gasteiger charge is -2.12. The van der Waals surface area contributed by atoms with E-state index in [1.54, 1.807) is 12.1 Å². The summed E-state index contributed by atoms with van der Waals surface area (Å²) in [4.78, 5) is 18.2. The summed E-state index contributed by atoms with van der Waals surface area (Å²) >= 11 is 0. The van der Waals surface area contributed by atoms with Crippen LogP contribution < -0.4 is 10.2 Å². The third kappa shape index (κ3) is 4.28. The van der Waals surface area contributed by atoms with Crippen molar-refractivity contribution in [2.24, 2.45) is 0 Å². The standard InChI is InChI=1S/C19H16F3N3O2/c1-25(2)15-9-7-14(8-10-15)23-17(26)16-11-27-18(24-16)12-3-5-13(6-4-12)19(20,21)22/h3-11H,1-2H3,(H,23,26). The average Bonchev–Trinajstić information content (AvgIpc) is 3.12. The Balaban J connectivity index is 1.72. The lowest BCUT2D eigenvalue weighted by molar-refractivity contribution is -0.137. The molecular weight excluding hydrogens is 359 g/mol. The van der Waals surface area contributed by atoms with Crippen LogP contribution in [0.1, 0.15) is 16.1 Å². The molecule has 0 radical (unpaired) electrons. The van der Waals surface area contributed by atoms with E-state index in [9.17, 15) is 18.0 Å². The zero-order chi connectivity index (χ0) is 19.6. The first-order valence-corrected chi connectivity index (χ1v) is 7.96. The van der Waals surface area contributed by atoms with Crippen LogP contribution in [0.4, 0.5) is 24.5 Å². The van der Waals surface area contributed by atoms with Gasteiger partial charge in [0.25, 0.3) is 5.91 Å². The molecule has 1 aromatic heterocycles. The molecule has 1 amide bonds. The van der Waals surface area contributed by atoms with Gasteiger partial charge in [0.1, 0.15) is 6.26 Å². The van der Waals surface area contributed by atoms with E-state index in [0.29, 0.717) is 11.3 Å². The molecule has 3 aromatic rings. The van der Waals surface area contributed by atoms with Crippen LogP contribution in [-0.2, 0) is 6.18 Å². The first kappa shape index (κ1) is 18.5. The summed E-state index contributed by atoms with van der Waals surface area (Å²) in [6, 6.07) is 11.6. The van der Waals surface area contributed by atoms with Crippen LogP contribution in [0, 0.1) is 0 Å². The predicted molar refractivity (Wildman–Crippen MR) is 95.7 cm³/mol. The zero-order valence-corrected chi connectivity index (χ0v) is 14.5. The van der Waals surface area contributed by atoms with E-state index >= 15 is 0 Å². The Morgan fingerprint density at radius 1 is 1.04 bits per heavy atom. The van der Waals surface area contributed by atoms with E-state index in [2.05, 4.69) is 10.3 Å². The molecule has 27 heavy (non-hydrogen) atoms. The number of hydrogen-bond donors (Lipinski definition) is 1. The molecule has 0 fully saturated rings. The lowest BCUT2D eigenvalue weighted by atomic mass is 10.1. The lowest BCUT2D eigenvalue weighted by Crippen LogP contribution is -2.13. The van der Waals surface area contributed by atoms with Crippen LogP contribution in [0.15, 0.2) is 59.2 Å². The van der Waals surface area contributed by atoms with E-state index < -0.39 is 17.6 Å². The first-order chi connectivity index (χ1) is 12.7. The molecule has 0 atom stereocenters. The number of carbonyl (C=O) groups excluding carboxylic acids is 1. The normalized spacial score (nSPS) is 11.3. The Morgan fingerprint density at radius 3 is 2.22 bits per heavy atom. The molecule has 8 heteroatoms. The molecule has 0 aliphatic carbocycles. The van der Waals surface area contributed by atoms with Gasteiger partial charge in [0.15, 0.2) is 5.69 Å². The maximum atomic E-state index is 12.6. The number of amides is 1. The minimum Gasteiger partial charge on any atom is -0.444 e. The summed E-state index contributed by atoms with van der Waals surface area (Å²) in [5.41, 5.74) is 1.18. The summed E-state index contributed by atoms with van der Waals surface area (Å²) in [5, 5.41) is 2.69. The third-order valence-corrected chi connectivity index (χ3v) is 3.84. The predicted octanol–water partition coefficient (Wildman–Crippen LogP) is 4.68. The van der Waals surface area contributed by atoms with Gasteiger partial charge in [-0.3, -0.25) is 4.79 Å². The molecule has 3 rings (SSSR count). The SMILES string of the molecule is CN(C)c1ccc(NC(=O)c2coc(-c3ccc(C(F)(F)F)cc3)n2)cc1. The second-order valence-electron chi connectivity index (χ2n) is 6.01. The third-order valence-electron chi connectivity index (χ3n) is 3.84. The summed E-state index contributed by atoms with van der Waals surface area (Å²) < 4.78 is 43.1. The highest BCUT2D eigenvalue weighted by Crippen LogP contribution is 2.30. The van der Waals surface area contributed by atoms with Crippen LogP contribution in [0.25, 0.3) is 11.5 Å². The van der Waals surface area contributed by atoms with Gasteiger partial charge in [-0.25, -0.2) is 4.98 Å². The van der Waals surface area contributed by atoms with E-state index in [-0.39, 0.29) is 11.6 Å². The Labute approximate surface area is 153 Å². The van der Waals surface area contributed by atoms with Crippen molar-refractivity contribution < 1.29 is 22.4 Å². The fraction of sp³-hybridized carbons (Fsp3) is 0.158. The molecule has 1 heterocycles. The van der Waals surface area contributed by atoms with E-state index in [4.69, 9.17) is 4.42 Å². The van der Waals surface area contributed by atoms with Crippen LogP contribution in [-0.4, -0.2) is 25.0 Å². The van der Waals surface area contributed by atoms with Crippen molar-refractivity contribution in [3.8, 4) is 11.5 Å². The van der Waals surface area contributed by atoms with Crippen LogP contribution in [0.2, 0.25) is 0 Å². The molecule has 2 aromatic carbocycles. The van der Waals surface area contributed by atoms with E-state index in [1.165, 1.54) is 12.1 Å². The summed E-state index contributed by atoms with van der Waals surface area (Å²) in [7, 11) is 3.82. The van der Waals surface area contributed by atoms with Gasteiger partial charge in [0, 0.05) is 31.0 Å². The maximum absolute atomic E-state index is 12.6. The number of halogens is 3. The largest absolute Gasteiger partial charge is 0.444 e. The van der Waals surface area contributed by atoms with Crippen molar-refractivity contribution in [2.75, 3.05) is 24.3 Å². The molecule has 140 valence electrons. The van der Waals surface area contributed by atoms with Gasteiger partial charge >= 0.3 is 6.18 Å². The van der Waals surface area contributed by atoms with Gasteiger partial charge in [-0.05, 0) is 48.5 Å². The maximum Gasteiger partial charge on any atom is 0.416 e. The van der Waals surface area contributed by atoms with Crippen LogP contribution in [0.5, 0.6) is 0 Å². The number of anilines is 2. The summed E-state index contributed by atoms with van der Waals surface area (Å²) in [5.74, 6) is -0.411. The Morgan fingerprint density at radius 2 is 1.67 bits per heavy atom. The molecule has 0 bridgehead atoms. The Hall–Kier alpha value is -3.29. The van der Waals surface area contributed by atoms with E-state index in [0.717, 1.165) is 24.1 Å². The minimum atomic E-state index is -4.41. The molecule has 0 saturated carbocycles. The summed E-state index contributed by atoms with van der Waals surface area (Å²) in [6.07, 6.45) is -3.25. The van der Waals surface area contributed by atoms with Gasteiger partial charge in [0.05, 0.1) is 5.56 Å². The van der Waals surface area contributed by atoms with Crippen molar-refractivity contribution in [1.29, 1.82) is 0 Å². The number of hydrogen-bond acceptors (Lipinski definition) is 4. The van der Waals surface area contributed by atoms with Crippen molar-refractivity contribution in [1.82, 2.24) is 4.98 Å². The van der Waals surface area contributed by atoms with Crippen molar-refractivity contribution in [2.45, 2.75) is 6.18 Å². The highest BCUT2D eigenvalue weighted by molar-refractivity contribution is 6.03. The van der Waals surface area contributed by atoms with Gasteiger partial charge in [-0.15, -0.1) is 0 Å².